The van der Waals surface area contributed by atoms with E-state index in [0.29, 0.717) is 13.1 Å². The van der Waals surface area contributed by atoms with E-state index in [1.807, 2.05) is 0 Å². The third-order valence-corrected chi connectivity index (χ3v) is 2.65. The van der Waals surface area contributed by atoms with Crippen LogP contribution in [0.3, 0.4) is 0 Å². The molecule has 17 heavy (non-hydrogen) atoms. The molecule has 7 heteroatoms. The van der Waals surface area contributed by atoms with Crippen LogP contribution in [0.25, 0.3) is 0 Å². The Bertz CT molecular complexity index is 332. The number of urea groups is 1. The second kappa shape index (κ2) is 5.62. The lowest BCUT2D eigenvalue weighted by Crippen LogP contribution is -2.43. The smallest absolute Gasteiger partial charge is 0.327 e. The quantitative estimate of drug-likeness (QED) is 0.599. The van der Waals surface area contributed by atoms with Crippen LogP contribution in [-0.4, -0.2) is 79.9 Å². The molecule has 0 aromatic rings. The summed E-state index contributed by atoms with van der Waals surface area (Å²) in [6.07, 6.45) is 0. The van der Waals surface area contributed by atoms with E-state index in [1.165, 1.54) is 16.8 Å². The minimum atomic E-state index is -0.412. The zero-order chi connectivity index (χ0) is 13.0. The zero-order valence-corrected chi connectivity index (χ0v) is 10.4. The highest BCUT2D eigenvalue weighted by molar-refractivity contribution is 6.04. The van der Waals surface area contributed by atoms with Gasteiger partial charge in [0.15, 0.2) is 0 Å². The molecule has 4 amide bonds. The van der Waals surface area contributed by atoms with E-state index >= 15 is 0 Å². The third-order valence-electron chi connectivity index (χ3n) is 2.65. The monoisotopic (exact) mass is 242 g/mol. The van der Waals surface area contributed by atoms with Gasteiger partial charge in [-0.05, 0) is 7.05 Å². The van der Waals surface area contributed by atoms with Gasteiger partial charge in [0.1, 0.15) is 13.1 Å². The molecule has 1 aliphatic heterocycles. The highest BCUT2D eigenvalue weighted by Crippen LogP contribution is 2.07. The predicted octanol–water partition coefficient (Wildman–Crippen LogP) is -1.44. The molecule has 0 aromatic carbocycles. The van der Waals surface area contributed by atoms with Crippen molar-refractivity contribution in [3.8, 4) is 0 Å². The second-order valence-corrected chi connectivity index (χ2v) is 4.04. The van der Waals surface area contributed by atoms with Crippen molar-refractivity contribution in [3.05, 3.63) is 0 Å². The summed E-state index contributed by atoms with van der Waals surface area (Å²) in [5.41, 5.74) is 0. The maximum atomic E-state index is 11.7. The van der Waals surface area contributed by atoms with Gasteiger partial charge in [-0.25, -0.2) is 4.79 Å². The van der Waals surface area contributed by atoms with Crippen LogP contribution < -0.4 is 5.32 Å². The number of carbonyl (C=O) groups excluding carboxylic acids is 3. The molecule has 0 aliphatic carbocycles. The van der Waals surface area contributed by atoms with Crippen molar-refractivity contribution in [2.45, 2.75) is 0 Å². The second-order valence-electron chi connectivity index (χ2n) is 4.04. The molecule has 0 atom stereocenters. The molecule has 0 spiro atoms. The largest absolute Gasteiger partial charge is 0.343 e. The molecule has 7 nitrogen and oxygen atoms in total. The standard InChI is InChI=1S/C10H18N4O3/c1-11-4-5-12(2)8(15)7-14-9(16)6-13(3)10(14)17/h11H,4-7H2,1-3H3. The minimum Gasteiger partial charge on any atom is -0.343 e. The summed E-state index contributed by atoms with van der Waals surface area (Å²) in [5.74, 6) is -0.565. The van der Waals surface area contributed by atoms with Gasteiger partial charge < -0.3 is 15.1 Å². The molecule has 1 saturated heterocycles. The Balaban J connectivity index is 2.51. The first kappa shape index (κ1) is 13.4. The van der Waals surface area contributed by atoms with Crippen molar-refractivity contribution < 1.29 is 14.4 Å². The summed E-state index contributed by atoms with van der Waals surface area (Å²) in [4.78, 5) is 38.5. The normalized spacial score (nSPS) is 15.7. The Labute approximate surface area is 100 Å². The topological polar surface area (TPSA) is 73.0 Å². The van der Waals surface area contributed by atoms with E-state index in [-0.39, 0.29) is 24.9 Å². The van der Waals surface area contributed by atoms with E-state index in [1.54, 1.807) is 14.1 Å². The van der Waals surface area contributed by atoms with E-state index in [0.717, 1.165) is 4.90 Å². The molecule has 0 bridgehead atoms. The number of likely N-dealkylation sites (N-methyl/N-ethyl adjacent to an activating group) is 3. The van der Waals surface area contributed by atoms with Gasteiger partial charge in [-0.1, -0.05) is 0 Å². The van der Waals surface area contributed by atoms with E-state index in [4.69, 9.17) is 0 Å². The van der Waals surface area contributed by atoms with Gasteiger partial charge in [0, 0.05) is 27.2 Å². The Morgan fingerprint density at radius 2 is 2.12 bits per heavy atom. The predicted molar refractivity (Wildman–Crippen MR) is 61.3 cm³/mol. The fourth-order valence-electron chi connectivity index (χ4n) is 1.48. The molecule has 1 rings (SSSR count). The highest BCUT2D eigenvalue weighted by Gasteiger charge is 2.35. The Hall–Kier alpha value is -1.63. The zero-order valence-electron chi connectivity index (χ0n) is 10.4. The van der Waals surface area contributed by atoms with Gasteiger partial charge in [-0.15, -0.1) is 0 Å². The molecular weight excluding hydrogens is 224 g/mol. The van der Waals surface area contributed by atoms with Crippen molar-refractivity contribution >= 4 is 17.8 Å². The first-order valence-electron chi connectivity index (χ1n) is 5.41. The van der Waals surface area contributed by atoms with Gasteiger partial charge in [0.25, 0.3) is 5.91 Å². The molecular formula is C10H18N4O3. The van der Waals surface area contributed by atoms with Crippen LogP contribution >= 0.6 is 0 Å². The van der Waals surface area contributed by atoms with Crippen LogP contribution in [0.1, 0.15) is 0 Å². The number of nitrogens with zero attached hydrogens (tertiary/aromatic N) is 3. The van der Waals surface area contributed by atoms with Crippen LogP contribution in [0.2, 0.25) is 0 Å². The summed E-state index contributed by atoms with van der Waals surface area (Å²) in [6, 6.07) is -0.412. The molecule has 0 aromatic heterocycles. The highest BCUT2D eigenvalue weighted by atomic mass is 16.2. The molecule has 0 saturated carbocycles. The van der Waals surface area contributed by atoms with Gasteiger partial charge in [0.2, 0.25) is 5.91 Å². The lowest BCUT2D eigenvalue weighted by Gasteiger charge is -2.20. The number of amides is 4. The number of hydrogen-bond donors (Lipinski definition) is 1. The van der Waals surface area contributed by atoms with E-state index in [2.05, 4.69) is 5.32 Å². The maximum absolute atomic E-state index is 11.7. The van der Waals surface area contributed by atoms with Gasteiger partial charge >= 0.3 is 6.03 Å². The van der Waals surface area contributed by atoms with Crippen LogP contribution in [-0.2, 0) is 9.59 Å². The summed E-state index contributed by atoms with van der Waals surface area (Å²) in [7, 11) is 4.98. The van der Waals surface area contributed by atoms with Crippen molar-refractivity contribution in [3.63, 3.8) is 0 Å². The average molecular weight is 242 g/mol. The van der Waals surface area contributed by atoms with Crippen LogP contribution in [0.5, 0.6) is 0 Å². The molecule has 1 heterocycles. The summed E-state index contributed by atoms with van der Waals surface area (Å²) >= 11 is 0. The summed E-state index contributed by atoms with van der Waals surface area (Å²) < 4.78 is 0. The fraction of sp³-hybridized carbons (Fsp3) is 0.700. The van der Waals surface area contributed by atoms with Gasteiger partial charge in [-0.2, -0.15) is 0 Å². The third kappa shape index (κ3) is 3.16. The number of carbonyl (C=O) groups is 3. The molecule has 1 aliphatic rings. The first-order chi connectivity index (χ1) is 7.97. The Morgan fingerprint density at radius 1 is 1.47 bits per heavy atom. The summed E-state index contributed by atoms with van der Waals surface area (Å²) in [6.45, 7) is 1.08. The first-order valence-corrected chi connectivity index (χ1v) is 5.41. The van der Waals surface area contributed by atoms with Crippen molar-refractivity contribution in [2.24, 2.45) is 0 Å². The SMILES string of the molecule is CNCCN(C)C(=O)CN1C(=O)CN(C)C1=O. The van der Waals surface area contributed by atoms with Gasteiger partial charge in [-0.3, -0.25) is 14.5 Å². The minimum absolute atomic E-state index is 0.0480. The average Bonchev–Trinajstić information content (AvgIpc) is 2.52. The van der Waals surface area contributed by atoms with Crippen LogP contribution in [0.15, 0.2) is 0 Å². The fourth-order valence-corrected chi connectivity index (χ4v) is 1.48. The molecule has 96 valence electrons. The number of rotatable bonds is 5. The number of nitrogens with one attached hydrogen (secondary N) is 1. The van der Waals surface area contributed by atoms with Crippen molar-refractivity contribution in [1.29, 1.82) is 0 Å². The summed E-state index contributed by atoms with van der Waals surface area (Å²) in [5, 5.41) is 2.92. The van der Waals surface area contributed by atoms with Crippen molar-refractivity contribution in [2.75, 3.05) is 47.3 Å². The number of hydrogen-bond acceptors (Lipinski definition) is 4. The van der Waals surface area contributed by atoms with E-state index in [9.17, 15) is 14.4 Å². The lowest BCUT2D eigenvalue weighted by molar-refractivity contribution is -0.135. The molecule has 1 fully saturated rings. The van der Waals surface area contributed by atoms with E-state index < -0.39 is 6.03 Å². The van der Waals surface area contributed by atoms with Crippen LogP contribution in [0, 0.1) is 0 Å². The Morgan fingerprint density at radius 3 is 2.59 bits per heavy atom. The van der Waals surface area contributed by atoms with Crippen LogP contribution in [0.4, 0.5) is 4.79 Å². The lowest BCUT2D eigenvalue weighted by atomic mass is 10.4. The maximum Gasteiger partial charge on any atom is 0.327 e. The molecule has 0 unspecified atom stereocenters. The molecule has 1 N–H and O–H groups in total. The van der Waals surface area contributed by atoms with Gasteiger partial charge in [0.05, 0.1) is 0 Å². The van der Waals surface area contributed by atoms with Crippen molar-refractivity contribution in [1.82, 2.24) is 20.0 Å². The number of imide groups is 1. The Kier molecular flexibility index (Phi) is 4.45. The molecule has 0 radical (unpaired) electrons.